The van der Waals surface area contributed by atoms with Crippen molar-refractivity contribution in [2.75, 3.05) is 13.2 Å². The molecule has 1 heterocycles. The van der Waals surface area contributed by atoms with E-state index in [9.17, 15) is 0 Å². The van der Waals surface area contributed by atoms with Gasteiger partial charge in [-0.1, -0.05) is 17.7 Å². The number of rotatable bonds is 5. The molecule has 1 aromatic heterocycles. The zero-order valence-corrected chi connectivity index (χ0v) is 9.28. The molecule has 1 unspecified atom stereocenters. The predicted molar refractivity (Wildman–Crippen MR) is 58.8 cm³/mol. The summed E-state index contributed by atoms with van der Waals surface area (Å²) >= 11 is 5.67. The molecule has 0 aliphatic rings. The normalized spacial score (nSPS) is 13.1. The van der Waals surface area contributed by atoms with Crippen molar-refractivity contribution in [1.29, 1.82) is 0 Å². The molecule has 84 valence electrons. The fourth-order valence-electron chi connectivity index (χ4n) is 1.26. The molecule has 1 rings (SSSR count). The number of aliphatic hydroxyl groups excluding tert-OH is 2. The number of nitrogens with zero attached hydrogens (tertiary/aromatic N) is 1. The van der Waals surface area contributed by atoms with Gasteiger partial charge in [-0.3, -0.25) is 0 Å². The van der Waals surface area contributed by atoms with Gasteiger partial charge in [0.05, 0.1) is 19.3 Å². The summed E-state index contributed by atoms with van der Waals surface area (Å²) in [5.41, 5.74) is 0.964. The molecule has 3 N–H and O–H groups in total. The van der Waals surface area contributed by atoms with E-state index in [2.05, 4.69) is 10.3 Å². The van der Waals surface area contributed by atoms with E-state index in [1.807, 2.05) is 13.0 Å². The highest BCUT2D eigenvalue weighted by atomic mass is 35.5. The highest BCUT2D eigenvalue weighted by Crippen LogP contribution is 2.13. The van der Waals surface area contributed by atoms with Gasteiger partial charge < -0.3 is 15.5 Å². The van der Waals surface area contributed by atoms with Gasteiger partial charge in [-0.15, -0.1) is 0 Å². The zero-order chi connectivity index (χ0) is 11.3. The smallest absolute Gasteiger partial charge is 0.129 e. The maximum absolute atomic E-state index is 8.91. The highest BCUT2D eigenvalue weighted by Gasteiger charge is 2.11. The van der Waals surface area contributed by atoms with Gasteiger partial charge in [0.15, 0.2) is 0 Å². The lowest BCUT2D eigenvalue weighted by atomic mass is 10.1. The van der Waals surface area contributed by atoms with Crippen LogP contribution < -0.4 is 5.32 Å². The van der Waals surface area contributed by atoms with Crippen molar-refractivity contribution in [3.05, 3.63) is 29.0 Å². The van der Waals surface area contributed by atoms with Crippen LogP contribution >= 0.6 is 11.6 Å². The molecular weight excluding hydrogens is 216 g/mol. The van der Waals surface area contributed by atoms with E-state index >= 15 is 0 Å². The largest absolute Gasteiger partial charge is 0.395 e. The molecule has 0 fully saturated rings. The molecule has 5 heteroatoms. The van der Waals surface area contributed by atoms with Gasteiger partial charge in [0.2, 0.25) is 0 Å². The molecule has 1 aromatic rings. The van der Waals surface area contributed by atoms with Gasteiger partial charge in [-0.05, 0) is 18.6 Å². The van der Waals surface area contributed by atoms with Crippen LogP contribution in [0.3, 0.4) is 0 Å². The Kier molecular flexibility index (Phi) is 4.98. The van der Waals surface area contributed by atoms with Gasteiger partial charge >= 0.3 is 0 Å². The summed E-state index contributed by atoms with van der Waals surface area (Å²) in [5.74, 6) is 0. The lowest BCUT2D eigenvalue weighted by molar-refractivity contribution is 0.163. The van der Waals surface area contributed by atoms with Crippen molar-refractivity contribution in [3.63, 3.8) is 0 Å². The van der Waals surface area contributed by atoms with Crippen LogP contribution in [0.5, 0.6) is 0 Å². The van der Waals surface area contributed by atoms with Gasteiger partial charge in [0.1, 0.15) is 5.15 Å². The first kappa shape index (κ1) is 12.4. The topological polar surface area (TPSA) is 65.4 Å². The molecule has 0 radical (unpaired) electrons. The molecule has 4 nitrogen and oxygen atoms in total. The molecule has 0 saturated carbocycles. The van der Waals surface area contributed by atoms with E-state index in [0.717, 1.165) is 5.56 Å². The van der Waals surface area contributed by atoms with Crippen LogP contribution in [-0.2, 0) is 0 Å². The second-order valence-corrected chi connectivity index (χ2v) is 3.75. The van der Waals surface area contributed by atoms with Gasteiger partial charge in [0.25, 0.3) is 0 Å². The Labute approximate surface area is 93.9 Å². The Balaban J connectivity index is 2.60. The van der Waals surface area contributed by atoms with Crippen molar-refractivity contribution in [1.82, 2.24) is 10.3 Å². The van der Waals surface area contributed by atoms with Crippen LogP contribution in [0.4, 0.5) is 0 Å². The van der Waals surface area contributed by atoms with E-state index in [4.69, 9.17) is 21.8 Å². The van der Waals surface area contributed by atoms with Crippen molar-refractivity contribution < 1.29 is 10.2 Å². The van der Waals surface area contributed by atoms with Crippen LogP contribution in [0, 0.1) is 0 Å². The summed E-state index contributed by atoms with van der Waals surface area (Å²) in [6.07, 6.45) is 1.67. The summed E-state index contributed by atoms with van der Waals surface area (Å²) in [4.78, 5) is 3.96. The summed E-state index contributed by atoms with van der Waals surface area (Å²) in [5, 5.41) is 21.3. The summed E-state index contributed by atoms with van der Waals surface area (Å²) < 4.78 is 0. The minimum absolute atomic E-state index is 0.0130. The van der Waals surface area contributed by atoms with Gasteiger partial charge in [0, 0.05) is 12.2 Å². The van der Waals surface area contributed by atoms with E-state index in [1.54, 1.807) is 12.3 Å². The molecule has 0 aliphatic carbocycles. The lowest BCUT2D eigenvalue weighted by Crippen LogP contribution is -2.37. The van der Waals surface area contributed by atoms with Gasteiger partial charge in [-0.2, -0.15) is 0 Å². The van der Waals surface area contributed by atoms with E-state index < -0.39 is 0 Å². The molecule has 0 saturated heterocycles. The van der Waals surface area contributed by atoms with Crippen molar-refractivity contribution >= 4 is 11.6 Å². The van der Waals surface area contributed by atoms with Crippen molar-refractivity contribution in [3.8, 4) is 0 Å². The average molecular weight is 231 g/mol. The number of halogens is 1. The quantitative estimate of drug-likeness (QED) is 0.653. The molecular formula is C10H15ClN2O2. The Hall–Kier alpha value is -0.680. The van der Waals surface area contributed by atoms with Gasteiger partial charge in [-0.25, -0.2) is 4.98 Å². The Morgan fingerprint density at radius 1 is 1.40 bits per heavy atom. The zero-order valence-electron chi connectivity index (χ0n) is 8.52. The van der Waals surface area contributed by atoms with Crippen LogP contribution in [0.2, 0.25) is 5.15 Å². The third-order valence-electron chi connectivity index (χ3n) is 2.18. The van der Waals surface area contributed by atoms with E-state index in [0.29, 0.717) is 5.15 Å². The second-order valence-electron chi connectivity index (χ2n) is 3.36. The first-order valence-electron chi connectivity index (χ1n) is 4.76. The number of hydrogen-bond donors (Lipinski definition) is 3. The molecule has 0 spiro atoms. The Morgan fingerprint density at radius 2 is 2.07 bits per heavy atom. The van der Waals surface area contributed by atoms with Crippen molar-refractivity contribution in [2.24, 2.45) is 0 Å². The standard InChI is InChI=1S/C10H15ClN2O2/c1-7(13-9(5-14)6-15)8-2-3-10(11)12-4-8/h2-4,7,9,13-15H,5-6H2,1H3. The molecule has 0 amide bonds. The molecule has 1 atom stereocenters. The first-order valence-corrected chi connectivity index (χ1v) is 5.14. The van der Waals surface area contributed by atoms with Crippen LogP contribution in [0.15, 0.2) is 18.3 Å². The Morgan fingerprint density at radius 3 is 2.53 bits per heavy atom. The van der Waals surface area contributed by atoms with Crippen molar-refractivity contribution in [2.45, 2.75) is 19.0 Å². The van der Waals surface area contributed by atoms with Crippen LogP contribution in [0.1, 0.15) is 18.5 Å². The maximum Gasteiger partial charge on any atom is 0.129 e. The molecule has 0 aromatic carbocycles. The number of hydrogen-bond acceptors (Lipinski definition) is 4. The predicted octanol–water partition coefficient (Wildman–Crippen LogP) is 0.739. The molecule has 0 bridgehead atoms. The summed E-state index contributed by atoms with van der Waals surface area (Å²) in [7, 11) is 0. The first-order chi connectivity index (χ1) is 7.17. The lowest BCUT2D eigenvalue weighted by Gasteiger charge is -2.19. The fraction of sp³-hybridized carbons (Fsp3) is 0.500. The second kappa shape index (κ2) is 6.02. The molecule has 15 heavy (non-hydrogen) atoms. The minimum Gasteiger partial charge on any atom is -0.395 e. The number of aromatic nitrogens is 1. The van der Waals surface area contributed by atoms with E-state index in [1.165, 1.54) is 0 Å². The third-order valence-corrected chi connectivity index (χ3v) is 2.40. The van der Waals surface area contributed by atoms with Crippen LogP contribution in [0.25, 0.3) is 0 Å². The number of pyridine rings is 1. The maximum atomic E-state index is 8.91. The fourth-order valence-corrected chi connectivity index (χ4v) is 1.37. The summed E-state index contributed by atoms with van der Waals surface area (Å²) in [6.45, 7) is 1.74. The highest BCUT2D eigenvalue weighted by molar-refractivity contribution is 6.29. The minimum atomic E-state index is -0.310. The average Bonchev–Trinajstić information content (AvgIpc) is 2.26. The number of nitrogens with one attached hydrogen (secondary N) is 1. The van der Waals surface area contributed by atoms with E-state index in [-0.39, 0.29) is 25.3 Å². The third kappa shape index (κ3) is 3.76. The van der Waals surface area contributed by atoms with Crippen LogP contribution in [-0.4, -0.2) is 34.5 Å². The summed E-state index contributed by atoms with van der Waals surface area (Å²) in [6, 6.07) is 3.27. The number of aliphatic hydroxyl groups is 2. The molecule has 0 aliphatic heterocycles. The Bertz CT molecular complexity index is 288. The monoisotopic (exact) mass is 230 g/mol. The SMILES string of the molecule is CC(NC(CO)CO)c1ccc(Cl)nc1.